The molecule has 2 aliphatic heterocycles. The van der Waals surface area contributed by atoms with Gasteiger partial charge in [0.25, 0.3) is 5.91 Å². The molecular formula is C20H24N4O2. The summed E-state index contributed by atoms with van der Waals surface area (Å²) in [4.78, 5) is 21.2. The van der Waals surface area contributed by atoms with Crippen LogP contribution >= 0.6 is 0 Å². The van der Waals surface area contributed by atoms with Crippen LogP contribution in [0.1, 0.15) is 12.0 Å². The Morgan fingerprint density at radius 3 is 2.62 bits per heavy atom. The molecule has 6 heteroatoms. The predicted molar refractivity (Wildman–Crippen MR) is 100 cm³/mol. The number of piperazine rings is 1. The number of fused-ring (bicyclic) bond motifs is 1. The number of ether oxygens (including phenoxy) is 1. The molecule has 6 nitrogen and oxygen atoms in total. The number of nitrogens with one attached hydrogen (secondary N) is 1. The van der Waals surface area contributed by atoms with Crippen molar-refractivity contribution in [2.75, 3.05) is 38.0 Å². The van der Waals surface area contributed by atoms with Gasteiger partial charge in [-0.2, -0.15) is 0 Å². The summed E-state index contributed by atoms with van der Waals surface area (Å²) in [6, 6.07) is 14.3. The molecule has 3 heterocycles. The highest BCUT2D eigenvalue weighted by atomic mass is 16.5. The summed E-state index contributed by atoms with van der Waals surface area (Å²) >= 11 is 0. The average molecular weight is 352 g/mol. The summed E-state index contributed by atoms with van der Waals surface area (Å²) in [6.45, 7) is 6.04. The molecule has 0 aliphatic carbocycles. The number of amides is 1. The molecule has 2 aliphatic rings. The Balaban J connectivity index is 1.23. The number of pyridine rings is 1. The molecular weight excluding hydrogens is 328 g/mol. The lowest BCUT2D eigenvalue weighted by molar-refractivity contribution is -0.124. The number of nitrogens with zero attached hydrogens (tertiary/aromatic N) is 3. The Morgan fingerprint density at radius 1 is 1.04 bits per heavy atom. The first-order valence-electron chi connectivity index (χ1n) is 9.19. The maximum Gasteiger partial charge on any atom is 0.266 e. The van der Waals surface area contributed by atoms with Gasteiger partial charge in [0.2, 0.25) is 0 Å². The van der Waals surface area contributed by atoms with E-state index in [2.05, 4.69) is 50.4 Å². The summed E-state index contributed by atoms with van der Waals surface area (Å²) in [7, 11) is 0. The first kappa shape index (κ1) is 17.0. The Morgan fingerprint density at radius 2 is 1.81 bits per heavy atom. The molecule has 0 bridgehead atoms. The lowest BCUT2D eigenvalue weighted by Gasteiger charge is -2.35. The van der Waals surface area contributed by atoms with Crippen LogP contribution in [0.15, 0.2) is 48.7 Å². The molecule has 0 saturated carbocycles. The number of carbonyl (C=O) groups excluding carboxylic acids is 1. The second kappa shape index (κ2) is 7.85. The maximum absolute atomic E-state index is 12.2. The van der Waals surface area contributed by atoms with Crippen LogP contribution < -0.4 is 10.1 Å². The lowest BCUT2D eigenvalue weighted by atomic mass is 10.1. The van der Waals surface area contributed by atoms with Gasteiger partial charge in [-0.3, -0.25) is 9.69 Å². The fraction of sp³-hybridized carbons (Fsp3) is 0.400. The van der Waals surface area contributed by atoms with Gasteiger partial charge in [0.15, 0.2) is 17.7 Å². The zero-order valence-electron chi connectivity index (χ0n) is 14.8. The largest absolute Gasteiger partial charge is 0.477 e. The molecule has 1 fully saturated rings. The Hall–Kier alpha value is -2.44. The average Bonchev–Trinajstić information content (AvgIpc) is 2.68. The number of benzene rings is 1. The van der Waals surface area contributed by atoms with Crippen molar-refractivity contribution in [2.24, 2.45) is 0 Å². The van der Waals surface area contributed by atoms with E-state index in [-0.39, 0.29) is 5.91 Å². The molecule has 1 amide bonds. The molecule has 1 N–H and O–H groups in total. The van der Waals surface area contributed by atoms with Crippen LogP contribution in [0.5, 0.6) is 5.75 Å². The smallest absolute Gasteiger partial charge is 0.266 e. The molecule has 1 aromatic heterocycles. The van der Waals surface area contributed by atoms with Crippen molar-refractivity contribution < 1.29 is 9.53 Å². The second-order valence-electron chi connectivity index (χ2n) is 6.84. The van der Waals surface area contributed by atoms with Crippen LogP contribution in [0, 0.1) is 0 Å². The van der Waals surface area contributed by atoms with Crippen molar-refractivity contribution in [1.29, 1.82) is 0 Å². The van der Waals surface area contributed by atoms with Crippen LogP contribution in [0.2, 0.25) is 0 Å². The van der Waals surface area contributed by atoms with Crippen LogP contribution in [0.4, 0.5) is 5.82 Å². The van der Waals surface area contributed by atoms with Crippen molar-refractivity contribution in [3.63, 3.8) is 0 Å². The first-order chi connectivity index (χ1) is 12.8. The molecule has 0 unspecified atom stereocenters. The fourth-order valence-corrected chi connectivity index (χ4v) is 3.49. The highest BCUT2D eigenvalue weighted by Gasteiger charge is 2.29. The highest BCUT2D eigenvalue weighted by molar-refractivity contribution is 5.96. The molecule has 1 aromatic carbocycles. The number of carbonyl (C=O) groups is 1. The third-order valence-electron chi connectivity index (χ3n) is 5.00. The molecule has 0 radical (unpaired) electrons. The van der Waals surface area contributed by atoms with E-state index in [1.54, 1.807) is 6.20 Å². The van der Waals surface area contributed by atoms with Crippen LogP contribution in [0.25, 0.3) is 0 Å². The van der Waals surface area contributed by atoms with Gasteiger partial charge in [0.1, 0.15) is 0 Å². The van der Waals surface area contributed by atoms with Gasteiger partial charge in [-0.15, -0.1) is 0 Å². The van der Waals surface area contributed by atoms with Crippen LogP contribution in [-0.4, -0.2) is 59.5 Å². The van der Waals surface area contributed by atoms with Crippen molar-refractivity contribution in [2.45, 2.75) is 19.1 Å². The van der Waals surface area contributed by atoms with Crippen LogP contribution in [-0.2, 0) is 11.3 Å². The summed E-state index contributed by atoms with van der Waals surface area (Å²) in [5, 5.41) is 2.83. The minimum Gasteiger partial charge on any atom is -0.477 e. The van der Waals surface area contributed by atoms with Gasteiger partial charge < -0.3 is 15.0 Å². The third kappa shape index (κ3) is 4.03. The molecule has 1 saturated heterocycles. The van der Waals surface area contributed by atoms with Gasteiger partial charge in [0.05, 0.1) is 0 Å². The van der Waals surface area contributed by atoms with E-state index in [4.69, 9.17) is 4.74 Å². The van der Waals surface area contributed by atoms with Gasteiger partial charge in [-0.05, 0) is 17.7 Å². The standard InChI is InChI=1S/C20H24N4O2/c25-20-18(26-17-7-4-9-21-19(17)22-20)8-10-23-11-13-24(14-12-23)15-16-5-2-1-3-6-16/h1-7,9,18H,8,10-15H2,(H,21,22,25)/t18-/m0/s1. The summed E-state index contributed by atoms with van der Waals surface area (Å²) in [5.74, 6) is 1.08. The minimum absolute atomic E-state index is 0.0982. The van der Waals surface area contributed by atoms with E-state index in [1.165, 1.54) is 5.56 Å². The van der Waals surface area contributed by atoms with E-state index in [0.29, 0.717) is 18.0 Å². The van der Waals surface area contributed by atoms with Gasteiger partial charge in [-0.1, -0.05) is 30.3 Å². The highest BCUT2D eigenvalue weighted by Crippen LogP contribution is 2.27. The minimum atomic E-state index is -0.436. The van der Waals surface area contributed by atoms with E-state index in [1.807, 2.05) is 12.1 Å². The Bertz CT molecular complexity index is 744. The number of hydrogen-bond donors (Lipinski definition) is 1. The van der Waals surface area contributed by atoms with E-state index in [0.717, 1.165) is 39.3 Å². The normalized spacial score (nSPS) is 20.9. The summed E-state index contributed by atoms with van der Waals surface area (Å²) in [6.07, 6.45) is 1.91. The lowest BCUT2D eigenvalue weighted by Crippen LogP contribution is -2.47. The number of aromatic nitrogens is 1. The molecule has 4 rings (SSSR count). The maximum atomic E-state index is 12.2. The number of anilines is 1. The van der Waals surface area contributed by atoms with Crippen molar-refractivity contribution in [3.05, 3.63) is 54.2 Å². The topological polar surface area (TPSA) is 57.7 Å². The molecule has 2 aromatic rings. The molecule has 136 valence electrons. The van der Waals surface area contributed by atoms with Crippen molar-refractivity contribution in [3.8, 4) is 5.75 Å². The van der Waals surface area contributed by atoms with E-state index in [9.17, 15) is 4.79 Å². The first-order valence-corrected chi connectivity index (χ1v) is 9.19. The third-order valence-corrected chi connectivity index (χ3v) is 5.00. The number of hydrogen-bond acceptors (Lipinski definition) is 5. The zero-order valence-corrected chi connectivity index (χ0v) is 14.8. The molecule has 1 atom stereocenters. The fourth-order valence-electron chi connectivity index (χ4n) is 3.49. The van der Waals surface area contributed by atoms with E-state index >= 15 is 0 Å². The van der Waals surface area contributed by atoms with Crippen molar-refractivity contribution in [1.82, 2.24) is 14.8 Å². The molecule has 0 spiro atoms. The Labute approximate surface area is 153 Å². The zero-order chi connectivity index (χ0) is 17.8. The quantitative estimate of drug-likeness (QED) is 0.892. The predicted octanol–water partition coefficient (Wildman–Crippen LogP) is 1.99. The van der Waals surface area contributed by atoms with Gasteiger partial charge in [-0.25, -0.2) is 4.98 Å². The van der Waals surface area contributed by atoms with Gasteiger partial charge >= 0.3 is 0 Å². The monoisotopic (exact) mass is 352 g/mol. The van der Waals surface area contributed by atoms with E-state index < -0.39 is 6.10 Å². The van der Waals surface area contributed by atoms with Crippen molar-refractivity contribution >= 4 is 11.7 Å². The Kier molecular flexibility index (Phi) is 5.13. The molecule has 26 heavy (non-hydrogen) atoms. The van der Waals surface area contributed by atoms with Gasteiger partial charge in [0, 0.05) is 51.9 Å². The summed E-state index contributed by atoms with van der Waals surface area (Å²) in [5.41, 5.74) is 1.36. The second-order valence-corrected chi connectivity index (χ2v) is 6.84. The number of rotatable bonds is 5. The summed E-state index contributed by atoms with van der Waals surface area (Å²) < 4.78 is 5.82. The SMILES string of the molecule is O=C1Nc2ncccc2O[C@H]1CCN1CCN(Cc2ccccc2)CC1. The van der Waals surface area contributed by atoms with Crippen LogP contribution in [0.3, 0.4) is 0 Å².